The maximum atomic E-state index is 5.75. The second-order valence-electron chi connectivity index (χ2n) is 4.04. The van der Waals surface area contributed by atoms with Gasteiger partial charge in [0.05, 0.1) is 5.56 Å². The van der Waals surface area contributed by atoms with Crippen LogP contribution in [0.3, 0.4) is 0 Å². The Hall–Kier alpha value is -1.94. The van der Waals surface area contributed by atoms with Crippen molar-refractivity contribution in [1.82, 2.24) is 4.98 Å². The first-order valence-corrected chi connectivity index (χ1v) is 5.99. The third-order valence-corrected chi connectivity index (χ3v) is 2.72. The molecule has 0 bridgehead atoms. The smallest absolute Gasteiger partial charge is 0.229 e. The molecule has 0 saturated heterocycles. The van der Waals surface area contributed by atoms with E-state index in [2.05, 4.69) is 4.98 Å². The lowest BCUT2D eigenvalue weighted by molar-refractivity contribution is 0.460. The zero-order chi connectivity index (χ0) is 13.1. The van der Waals surface area contributed by atoms with Crippen molar-refractivity contribution in [3.63, 3.8) is 0 Å². The topological polar surface area (TPSA) is 48.1 Å². The van der Waals surface area contributed by atoms with E-state index >= 15 is 0 Å². The SMILES string of the molecule is Cc1cc(C)c(C(N)=S)c(Oc2ccccc2)n1. The van der Waals surface area contributed by atoms with Crippen LogP contribution in [0.25, 0.3) is 0 Å². The highest BCUT2D eigenvalue weighted by molar-refractivity contribution is 7.80. The van der Waals surface area contributed by atoms with Gasteiger partial charge in [0, 0.05) is 5.69 Å². The van der Waals surface area contributed by atoms with Crippen LogP contribution >= 0.6 is 12.2 Å². The maximum Gasteiger partial charge on any atom is 0.229 e. The van der Waals surface area contributed by atoms with E-state index in [0.29, 0.717) is 22.2 Å². The Kier molecular flexibility index (Phi) is 3.58. The summed E-state index contributed by atoms with van der Waals surface area (Å²) in [7, 11) is 0. The molecule has 0 aliphatic rings. The molecular weight excluding hydrogens is 244 g/mol. The zero-order valence-corrected chi connectivity index (χ0v) is 11.1. The first-order chi connectivity index (χ1) is 8.58. The third kappa shape index (κ3) is 2.65. The van der Waals surface area contributed by atoms with Gasteiger partial charge in [0.2, 0.25) is 5.88 Å². The van der Waals surface area contributed by atoms with E-state index in [9.17, 15) is 0 Å². The molecule has 18 heavy (non-hydrogen) atoms. The minimum Gasteiger partial charge on any atom is -0.438 e. The average Bonchev–Trinajstić information content (AvgIpc) is 2.28. The molecule has 1 aromatic carbocycles. The lowest BCUT2D eigenvalue weighted by Gasteiger charge is -2.12. The highest BCUT2D eigenvalue weighted by Crippen LogP contribution is 2.26. The fraction of sp³-hybridized carbons (Fsp3) is 0.143. The molecule has 0 aliphatic carbocycles. The summed E-state index contributed by atoms with van der Waals surface area (Å²) in [6.07, 6.45) is 0. The number of para-hydroxylation sites is 1. The molecule has 0 amide bonds. The van der Waals surface area contributed by atoms with E-state index in [1.165, 1.54) is 0 Å². The van der Waals surface area contributed by atoms with Gasteiger partial charge in [-0.05, 0) is 37.6 Å². The van der Waals surface area contributed by atoms with Crippen LogP contribution in [0.5, 0.6) is 11.6 Å². The first-order valence-electron chi connectivity index (χ1n) is 5.59. The number of ether oxygens (including phenoxy) is 1. The highest BCUT2D eigenvalue weighted by Gasteiger charge is 2.13. The molecule has 0 saturated carbocycles. The van der Waals surface area contributed by atoms with Crippen LogP contribution in [0.1, 0.15) is 16.8 Å². The lowest BCUT2D eigenvalue weighted by Crippen LogP contribution is -2.14. The van der Waals surface area contributed by atoms with Crippen molar-refractivity contribution in [2.75, 3.05) is 0 Å². The lowest BCUT2D eigenvalue weighted by atomic mass is 10.1. The normalized spacial score (nSPS) is 10.1. The number of hydrogen-bond donors (Lipinski definition) is 1. The summed E-state index contributed by atoms with van der Waals surface area (Å²) in [5, 5.41) is 0. The summed E-state index contributed by atoms with van der Waals surface area (Å²) in [6, 6.07) is 11.4. The molecule has 0 aliphatic heterocycles. The fourth-order valence-electron chi connectivity index (χ4n) is 1.78. The largest absolute Gasteiger partial charge is 0.438 e. The summed E-state index contributed by atoms with van der Waals surface area (Å²) in [5.74, 6) is 1.18. The number of rotatable bonds is 3. The number of benzene rings is 1. The van der Waals surface area contributed by atoms with Gasteiger partial charge in [0.15, 0.2) is 0 Å². The second kappa shape index (κ2) is 5.14. The van der Waals surface area contributed by atoms with Gasteiger partial charge < -0.3 is 10.5 Å². The molecule has 2 N–H and O–H groups in total. The molecule has 2 aromatic rings. The van der Waals surface area contributed by atoms with Gasteiger partial charge in [-0.2, -0.15) is 0 Å². The molecule has 0 fully saturated rings. The molecule has 4 heteroatoms. The van der Waals surface area contributed by atoms with E-state index in [4.69, 9.17) is 22.7 Å². The number of aryl methyl sites for hydroxylation is 2. The Morgan fingerprint density at radius 2 is 1.89 bits per heavy atom. The minimum absolute atomic E-state index is 0.297. The Balaban J connectivity index is 2.46. The van der Waals surface area contributed by atoms with Gasteiger partial charge in [-0.25, -0.2) is 4.98 Å². The molecule has 0 radical (unpaired) electrons. The Bertz CT molecular complexity index is 582. The molecule has 0 unspecified atom stereocenters. The van der Waals surface area contributed by atoms with Gasteiger partial charge >= 0.3 is 0 Å². The number of thiocarbonyl (C=S) groups is 1. The van der Waals surface area contributed by atoms with Crippen molar-refractivity contribution in [2.45, 2.75) is 13.8 Å². The van der Waals surface area contributed by atoms with Crippen molar-refractivity contribution in [1.29, 1.82) is 0 Å². The van der Waals surface area contributed by atoms with E-state index in [-0.39, 0.29) is 0 Å². The standard InChI is InChI=1S/C14H14N2OS/c1-9-8-10(2)16-14(12(9)13(15)18)17-11-6-4-3-5-7-11/h3-8H,1-2H3,(H2,15,18). The van der Waals surface area contributed by atoms with Crippen LogP contribution in [0.4, 0.5) is 0 Å². The Labute approximate surface area is 112 Å². The Morgan fingerprint density at radius 3 is 2.50 bits per heavy atom. The number of nitrogens with two attached hydrogens (primary N) is 1. The molecule has 1 heterocycles. The summed E-state index contributed by atoms with van der Waals surface area (Å²) >= 11 is 5.05. The summed E-state index contributed by atoms with van der Waals surface area (Å²) in [5.41, 5.74) is 8.27. The summed E-state index contributed by atoms with van der Waals surface area (Å²) in [6.45, 7) is 3.86. The molecular formula is C14H14N2OS. The number of hydrogen-bond acceptors (Lipinski definition) is 3. The fourth-order valence-corrected chi connectivity index (χ4v) is 2.02. The van der Waals surface area contributed by atoms with Crippen molar-refractivity contribution in [2.24, 2.45) is 5.73 Å². The molecule has 2 rings (SSSR count). The van der Waals surface area contributed by atoms with Crippen LogP contribution in [0.15, 0.2) is 36.4 Å². The second-order valence-corrected chi connectivity index (χ2v) is 4.48. The quantitative estimate of drug-likeness (QED) is 0.859. The molecule has 0 spiro atoms. The monoisotopic (exact) mass is 258 g/mol. The van der Waals surface area contributed by atoms with Crippen molar-refractivity contribution < 1.29 is 4.74 Å². The van der Waals surface area contributed by atoms with E-state index < -0.39 is 0 Å². The van der Waals surface area contributed by atoms with Crippen molar-refractivity contribution in [3.8, 4) is 11.6 Å². The molecule has 1 aromatic heterocycles. The van der Waals surface area contributed by atoms with E-state index in [1.54, 1.807) is 0 Å². The predicted octanol–water partition coefficient (Wildman–Crippen LogP) is 3.12. The first kappa shape index (κ1) is 12.5. The van der Waals surface area contributed by atoms with Crippen LogP contribution in [0, 0.1) is 13.8 Å². The van der Waals surface area contributed by atoms with Gasteiger partial charge in [0.1, 0.15) is 10.7 Å². The van der Waals surface area contributed by atoms with E-state index in [0.717, 1.165) is 11.3 Å². The number of nitrogens with zero attached hydrogens (tertiary/aromatic N) is 1. The Morgan fingerprint density at radius 1 is 1.22 bits per heavy atom. The molecule has 92 valence electrons. The highest BCUT2D eigenvalue weighted by atomic mass is 32.1. The number of aromatic nitrogens is 1. The van der Waals surface area contributed by atoms with Gasteiger partial charge in [-0.3, -0.25) is 0 Å². The summed E-state index contributed by atoms with van der Waals surface area (Å²) < 4.78 is 5.75. The van der Waals surface area contributed by atoms with Crippen molar-refractivity contribution >= 4 is 17.2 Å². The van der Waals surface area contributed by atoms with Crippen molar-refractivity contribution in [3.05, 3.63) is 53.2 Å². The zero-order valence-electron chi connectivity index (χ0n) is 10.3. The molecule has 0 atom stereocenters. The van der Waals surface area contributed by atoms with E-state index in [1.807, 2.05) is 50.2 Å². The van der Waals surface area contributed by atoms with Crippen LogP contribution < -0.4 is 10.5 Å². The number of pyridine rings is 1. The minimum atomic E-state index is 0.297. The average molecular weight is 258 g/mol. The third-order valence-electron chi connectivity index (χ3n) is 2.52. The van der Waals surface area contributed by atoms with Gasteiger partial charge in [-0.1, -0.05) is 30.4 Å². The van der Waals surface area contributed by atoms with Crippen LogP contribution in [-0.2, 0) is 0 Å². The van der Waals surface area contributed by atoms with Crippen LogP contribution in [0.2, 0.25) is 0 Å². The summed E-state index contributed by atoms with van der Waals surface area (Å²) in [4.78, 5) is 4.66. The molecule has 3 nitrogen and oxygen atoms in total. The van der Waals surface area contributed by atoms with Gasteiger partial charge in [-0.15, -0.1) is 0 Å². The maximum absolute atomic E-state index is 5.75. The predicted molar refractivity (Wildman–Crippen MR) is 76.1 cm³/mol. The van der Waals surface area contributed by atoms with Crippen LogP contribution in [-0.4, -0.2) is 9.97 Å². The van der Waals surface area contributed by atoms with Gasteiger partial charge in [0.25, 0.3) is 0 Å².